The summed E-state index contributed by atoms with van der Waals surface area (Å²) in [6, 6.07) is 4.37. The highest BCUT2D eigenvalue weighted by Gasteiger charge is 2.33. The fraction of sp³-hybridized carbons (Fsp3) is 0.611. The van der Waals surface area contributed by atoms with Gasteiger partial charge in [0.1, 0.15) is 5.75 Å². The maximum atomic E-state index is 11.1. The van der Waals surface area contributed by atoms with Crippen LogP contribution in [0.5, 0.6) is 5.75 Å². The van der Waals surface area contributed by atoms with Gasteiger partial charge in [-0.15, -0.1) is 0 Å². The molecule has 1 heterocycles. The van der Waals surface area contributed by atoms with Gasteiger partial charge < -0.3 is 9.84 Å². The predicted octanol–water partition coefficient (Wildman–Crippen LogP) is 4.23. The van der Waals surface area contributed by atoms with Gasteiger partial charge in [0.25, 0.3) is 0 Å². The second-order valence-corrected chi connectivity index (χ2v) is 8.05. The highest BCUT2D eigenvalue weighted by molar-refractivity contribution is 5.69. The van der Waals surface area contributed by atoms with E-state index in [9.17, 15) is 4.79 Å². The van der Waals surface area contributed by atoms with Crippen LogP contribution in [0.1, 0.15) is 70.6 Å². The van der Waals surface area contributed by atoms with Gasteiger partial charge in [0.2, 0.25) is 0 Å². The highest BCUT2D eigenvalue weighted by atomic mass is 16.5. The SMILES string of the molecule is CC(C)(C)c1cc2c(c(C(C)(C)C)c1)OC[C@@H]2CC(=O)O. The van der Waals surface area contributed by atoms with Crippen molar-refractivity contribution in [3.63, 3.8) is 0 Å². The Bertz CT molecular complexity index is 559. The molecule has 0 spiro atoms. The van der Waals surface area contributed by atoms with Crippen LogP contribution in [0.3, 0.4) is 0 Å². The molecule has 3 nitrogen and oxygen atoms in total. The van der Waals surface area contributed by atoms with Gasteiger partial charge in [-0.2, -0.15) is 0 Å². The number of aliphatic carboxylic acids is 1. The van der Waals surface area contributed by atoms with Gasteiger partial charge in [0.05, 0.1) is 13.0 Å². The molecule has 116 valence electrons. The molecule has 1 atom stereocenters. The topological polar surface area (TPSA) is 46.5 Å². The minimum atomic E-state index is -0.769. The van der Waals surface area contributed by atoms with Gasteiger partial charge in [-0.25, -0.2) is 0 Å². The van der Waals surface area contributed by atoms with Crippen molar-refractivity contribution in [2.24, 2.45) is 0 Å². The maximum Gasteiger partial charge on any atom is 0.304 e. The second kappa shape index (κ2) is 5.04. The summed E-state index contributed by atoms with van der Waals surface area (Å²) in [7, 11) is 0. The van der Waals surface area contributed by atoms with Crippen molar-refractivity contribution in [1.82, 2.24) is 0 Å². The average Bonchev–Trinajstić information content (AvgIpc) is 2.68. The minimum absolute atomic E-state index is 0.0243. The maximum absolute atomic E-state index is 11.1. The zero-order valence-corrected chi connectivity index (χ0v) is 13.9. The molecule has 1 aliphatic heterocycles. The van der Waals surface area contributed by atoms with Crippen molar-refractivity contribution >= 4 is 5.97 Å². The molecule has 0 radical (unpaired) electrons. The molecule has 0 amide bonds. The van der Waals surface area contributed by atoms with Gasteiger partial charge >= 0.3 is 5.97 Å². The van der Waals surface area contributed by atoms with Crippen LogP contribution in [0, 0.1) is 0 Å². The molecular weight excluding hydrogens is 264 g/mol. The van der Waals surface area contributed by atoms with Crippen molar-refractivity contribution in [2.45, 2.75) is 64.7 Å². The van der Waals surface area contributed by atoms with Crippen LogP contribution in [0.4, 0.5) is 0 Å². The normalized spacial score (nSPS) is 18.3. The van der Waals surface area contributed by atoms with E-state index in [2.05, 4.69) is 53.7 Å². The number of benzene rings is 1. The Morgan fingerprint density at radius 1 is 1.19 bits per heavy atom. The van der Waals surface area contributed by atoms with E-state index in [-0.39, 0.29) is 23.2 Å². The molecule has 21 heavy (non-hydrogen) atoms. The van der Waals surface area contributed by atoms with Gasteiger partial charge in [-0.3, -0.25) is 4.79 Å². The summed E-state index contributed by atoms with van der Waals surface area (Å²) < 4.78 is 5.87. The third-order valence-electron chi connectivity index (χ3n) is 4.08. The first-order valence-corrected chi connectivity index (χ1v) is 7.53. The number of ether oxygens (including phenoxy) is 1. The summed E-state index contributed by atoms with van der Waals surface area (Å²) in [6.07, 6.45) is 0.129. The highest BCUT2D eigenvalue weighted by Crippen LogP contribution is 2.45. The minimum Gasteiger partial charge on any atom is -0.492 e. The van der Waals surface area contributed by atoms with E-state index >= 15 is 0 Å². The van der Waals surface area contributed by atoms with Crippen molar-refractivity contribution in [3.8, 4) is 5.75 Å². The van der Waals surface area contributed by atoms with Gasteiger partial charge in [-0.1, -0.05) is 53.7 Å². The number of carbonyl (C=O) groups is 1. The molecule has 0 fully saturated rings. The Morgan fingerprint density at radius 2 is 1.81 bits per heavy atom. The number of rotatable bonds is 2. The Balaban J connectivity index is 2.60. The number of hydrogen-bond acceptors (Lipinski definition) is 2. The van der Waals surface area contributed by atoms with Crippen LogP contribution in [0.15, 0.2) is 12.1 Å². The zero-order chi connectivity index (χ0) is 16.0. The van der Waals surface area contributed by atoms with E-state index in [1.807, 2.05) is 0 Å². The molecule has 2 rings (SSSR count). The standard InChI is InChI=1S/C18H26O3/c1-17(2,3)12-8-13-11(7-15(19)20)10-21-16(13)14(9-12)18(4,5)6/h8-9,11H,7,10H2,1-6H3,(H,19,20)/t11-/m0/s1. The van der Waals surface area contributed by atoms with E-state index in [0.29, 0.717) is 6.61 Å². The molecular formula is C18H26O3. The molecule has 0 unspecified atom stereocenters. The first-order chi connectivity index (χ1) is 9.50. The zero-order valence-electron chi connectivity index (χ0n) is 13.9. The number of carboxylic acid groups (broad SMARTS) is 1. The van der Waals surface area contributed by atoms with Crippen LogP contribution in [0.2, 0.25) is 0 Å². The fourth-order valence-corrected chi connectivity index (χ4v) is 2.76. The molecule has 0 saturated carbocycles. The summed E-state index contributed by atoms with van der Waals surface area (Å²) in [5, 5.41) is 9.10. The smallest absolute Gasteiger partial charge is 0.304 e. The van der Waals surface area contributed by atoms with E-state index in [0.717, 1.165) is 11.3 Å². The van der Waals surface area contributed by atoms with Crippen LogP contribution < -0.4 is 4.74 Å². The van der Waals surface area contributed by atoms with Crippen LogP contribution in [-0.2, 0) is 15.6 Å². The molecule has 0 bridgehead atoms. The molecule has 1 aromatic rings. The van der Waals surface area contributed by atoms with E-state index in [1.54, 1.807) is 0 Å². The number of fused-ring (bicyclic) bond motifs is 1. The number of carboxylic acids is 1. The Hall–Kier alpha value is -1.51. The third-order valence-corrected chi connectivity index (χ3v) is 4.08. The largest absolute Gasteiger partial charge is 0.492 e. The monoisotopic (exact) mass is 290 g/mol. The lowest BCUT2D eigenvalue weighted by Gasteiger charge is -2.27. The lowest BCUT2D eigenvalue weighted by atomic mass is 9.77. The molecule has 0 aromatic heterocycles. The predicted molar refractivity (Wildman–Crippen MR) is 84.3 cm³/mol. The van der Waals surface area contributed by atoms with Crippen molar-refractivity contribution < 1.29 is 14.6 Å². The Kier molecular flexibility index (Phi) is 3.81. The lowest BCUT2D eigenvalue weighted by molar-refractivity contribution is -0.137. The number of hydrogen-bond donors (Lipinski definition) is 1. The summed E-state index contributed by atoms with van der Waals surface area (Å²) in [5.74, 6) is 0.0950. The molecule has 0 saturated heterocycles. The fourth-order valence-electron chi connectivity index (χ4n) is 2.76. The molecule has 1 N–H and O–H groups in total. The Labute approximate surface area is 127 Å². The summed E-state index contributed by atoms with van der Waals surface area (Å²) >= 11 is 0. The van der Waals surface area contributed by atoms with Crippen molar-refractivity contribution in [3.05, 3.63) is 28.8 Å². The molecule has 1 aliphatic rings. The lowest BCUT2D eigenvalue weighted by Crippen LogP contribution is -2.17. The van der Waals surface area contributed by atoms with Gasteiger partial charge in [0.15, 0.2) is 0 Å². The first-order valence-electron chi connectivity index (χ1n) is 7.53. The second-order valence-electron chi connectivity index (χ2n) is 8.05. The summed E-state index contributed by atoms with van der Waals surface area (Å²) in [6.45, 7) is 13.5. The third kappa shape index (κ3) is 3.22. The Morgan fingerprint density at radius 3 is 2.29 bits per heavy atom. The van der Waals surface area contributed by atoms with E-state index < -0.39 is 5.97 Å². The van der Waals surface area contributed by atoms with Crippen LogP contribution in [-0.4, -0.2) is 17.7 Å². The van der Waals surface area contributed by atoms with Crippen molar-refractivity contribution in [1.29, 1.82) is 0 Å². The van der Waals surface area contributed by atoms with Gasteiger partial charge in [-0.05, 0) is 16.4 Å². The first kappa shape index (κ1) is 15.9. The van der Waals surface area contributed by atoms with E-state index in [4.69, 9.17) is 9.84 Å². The molecule has 0 aliphatic carbocycles. The summed E-state index contributed by atoms with van der Waals surface area (Å²) in [5.41, 5.74) is 3.49. The quantitative estimate of drug-likeness (QED) is 0.886. The summed E-state index contributed by atoms with van der Waals surface area (Å²) in [4.78, 5) is 11.1. The van der Waals surface area contributed by atoms with Crippen LogP contribution >= 0.6 is 0 Å². The van der Waals surface area contributed by atoms with Crippen molar-refractivity contribution in [2.75, 3.05) is 6.61 Å². The molecule has 1 aromatic carbocycles. The van der Waals surface area contributed by atoms with Crippen LogP contribution in [0.25, 0.3) is 0 Å². The molecule has 3 heteroatoms. The average molecular weight is 290 g/mol. The van der Waals surface area contributed by atoms with E-state index in [1.165, 1.54) is 11.1 Å². The van der Waals surface area contributed by atoms with Gasteiger partial charge in [0, 0.05) is 17.0 Å².